The van der Waals surface area contributed by atoms with Crippen LogP contribution >= 0.6 is 11.8 Å². The van der Waals surface area contributed by atoms with Crippen LogP contribution in [0.5, 0.6) is 5.75 Å². The van der Waals surface area contributed by atoms with Crippen LogP contribution < -0.4 is 4.74 Å². The molecule has 0 saturated carbocycles. The molecule has 0 heterocycles. The van der Waals surface area contributed by atoms with E-state index in [2.05, 4.69) is 18.1 Å². The van der Waals surface area contributed by atoms with Gasteiger partial charge in [0.05, 0.1) is 13.2 Å². The third-order valence-electron chi connectivity index (χ3n) is 1.88. The van der Waals surface area contributed by atoms with Gasteiger partial charge in [-0.3, -0.25) is 0 Å². The van der Waals surface area contributed by atoms with Gasteiger partial charge in [0, 0.05) is 17.7 Å². The largest absolute Gasteiger partial charge is 0.493 e. The first kappa shape index (κ1) is 13.0. The van der Waals surface area contributed by atoms with Crippen molar-refractivity contribution < 1.29 is 9.84 Å². The van der Waals surface area contributed by atoms with Gasteiger partial charge < -0.3 is 9.84 Å². The molecule has 16 heavy (non-hydrogen) atoms. The second-order valence-electron chi connectivity index (χ2n) is 3.14. The van der Waals surface area contributed by atoms with E-state index in [4.69, 9.17) is 9.84 Å². The third-order valence-corrected chi connectivity index (χ3v) is 2.45. The molecule has 0 spiro atoms. The highest BCUT2D eigenvalue weighted by atomic mass is 32.2. The summed E-state index contributed by atoms with van der Waals surface area (Å²) >= 11 is 1.77. The summed E-state index contributed by atoms with van der Waals surface area (Å²) in [4.78, 5) is 0. The Kier molecular flexibility index (Phi) is 6.55. The van der Waals surface area contributed by atoms with Gasteiger partial charge >= 0.3 is 0 Å². The zero-order chi connectivity index (χ0) is 11.6. The minimum absolute atomic E-state index is 0.114. The Morgan fingerprint density at radius 3 is 2.69 bits per heavy atom. The van der Waals surface area contributed by atoms with Crippen molar-refractivity contribution in [3.63, 3.8) is 0 Å². The first-order chi connectivity index (χ1) is 7.86. The minimum atomic E-state index is 0.114. The summed E-state index contributed by atoms with van der Waals surface area (Å²) in [6.07, 6.45) is 2.58. The van der Waals surface area contributed by atoms with Gasteiger partial charge in [0.25, 0.3) is 0 Å². The Morgan fingerprint density at radius 2 is 2.06 bits per heavy atom. The van der Waals surface area contributed by atoms with E-state index in [1.165, 1.54) is 0 Å². The first-order valence-corrected chi connectivity index (χ1v) is 6.57. The smallest absolute Gasteiger partial charge is 0.119 e. The Labute approximate surface area is 101 Å². The number of rotatable bonds is 5. The average Bonchev–Trinajstić information content (AvgIpc) is 2.32. The molecule has 0 amide bonds. The predicted octanol–water partition coefficient (Wildman–Crippen LogP) is 2.16. The monoisotopic (exact) mass is 236 g/mol. The molecule has 0 aliphatic carbocycles. The van der Waals surface area contributed by atoms with Crippen molar-refractivity contribution >= 4 is 11.8 Å². The quantitative estimate of drug-likeness (QED) is 0.627. The molecule has 2 nitrogen and oxygen atoms in total. The average molecular weight is 236 g/mol. The van der Waals surface area contributed by atoms with Gasteiger partial charge in [-0.15, -0.1) is 0 Å². The van der Waals surface area contributed by atoms with Gasteiger partial charge in [-0.1, -0.05) is 11.8 Å². The molecule has 0 unspecified atom stereocenters. The normalized spacial score (nSPS) is 9.38. The number of benzene rings is 1. The highest BCUT2D eigenvalue weighted by Crippen LogP contribution is 2.11. The number of aliphatic hydroxyl groups excluding tert-OH is 1. The van der Waals surface area contributed by atoms with Gasteiger partial charge in [0.15, 0.2) is 0 Å². The minimum Gasteiger partial charge on any atom is -0.493 e. The van der Waals surface area contributed by atoms with Crippen molar-refractivity contribution in [2.24, 2.45) is 0 Å². The molecule has 1 N–H and O–H groups in total. The topological polar surface area (TPSA) is 29.5 Å². The molecule has 0 bridgehead atoms. The lowest BCUT2D eigenvalue weighted by molar-refractivity contribution is 0.305. The fourth-order valence-corrected chi connectivity index (χ4v) is 1.35. The second kappa shape index (κ2) is 8.09. The maximum absolute atomic E-state index is 8.58. The zero-order valence-electron chi connectivity index (χ0n) is 9.40. The van der Waals surface area contributed by atoms with Crippen LogP contribution in [0.25, 0.3) is 0 Å². The van der Waals surface area contributed by atoms with Crippen LogP contribution in [0.4, 0.5) is 0 Å². The van der Waals surface area contributed by atoms with Crippen molar-refractivity contribution in [3.05, 3.63) is 29.8 Å². The maximum atomic E-state index is 8.58. The lowest BCUT2D eigenvalue weighted by Gasteiger charge is -2.04. The van der Waals surface area contributed by atoms with Crippen LogP contribution in [0.1, 0.15) is 12.0 Å². The molecular weight excluding hydrogens is 220 g/mol. The van der Waals surface area contributed by atoms with Gasteiger partial charge in [0.2, 0.25) is 0 Å². The van der Waals surface area contributed by atoms with Crippen molar-refractivity contribution in [2.45, 2.75) is 6.42 Å². The molecule has 0 atom stereocenters. The molecular formula is C13H16O2S. The number of aliphatic hydroxyl groups is 1. The molecule has 1 aromatic rings. The molecule has 0 radical (unpaired) electrons. The van der Waals surface area contributed by atoms with E-state index in [-0.39, 0.29) is 6.61 Å². The van der Waals surface area contributed by atoms with E-state index < -0.39 is 0 Å². The highest BCUT2D eigenvalue weighted by Gasteiger charge is 1.92. The Balaban J connectivity index is 2.45. The summed E-state index contributed by atoms with van der Waals surface area (Å²) in [6, 6.07) is 7.70. The summed E-state index contributed by atoms with van der Waals surface area (Å²) in [6.45, 7) is 0.847. The van der Waals surface area contributed by atoms with Gasteiger partial charge in [0.1, 0.15) is 5.75 Å². The van der Waals surface area contributed by atoms with Crippen molar-refractivity contribution in [2.75, 3.05) is 25.2 Å². The Morgan fingerprint density at radius 1 is 1.31 bits per heavy atom. The molecule has 0 saturated heterocycles. The summed E-state index contributed by atoms with van der Waals surface area (Å²) in [5, 5.41) is 8.58. The van der Waals surface area contributed by atoms with Crippen LogP contribution in [0, 0.1) is 11.8 Å². The van der Waals surface area contributed by atoms with Gasteiger partial charge in [-0.05, 0) is 30.5 Å². The summed E-state index contributed by atoms with van der Waals surface area (Å²) in [7, 11) is 0. The van der Waals surface area contributed by atoms with E-state index in [0.29, 0.717) is 6.42 Å². The Hall–Kier alpha value is -1.11. The van der Waals surface area contributed by atoms with Crippen molar-refractivity contribution in [3.8, 4) is 17.6 Å². The van der Waals surface area contributed by atoms with E-state index in [1.807, 2.05) is 24.3 Å². The number of ether oxygens (including phenoxy) is 1. The molecule has 1 rings (SSSR count). The fourth-order valence-electron chi connectivity index (χ4n) is 1.10. The molecule has 0 aliphatic heterocycles. The SMILES string of the molecule is CSCCOc1ccc(C#CCCO)cc1. The van der Waals surface area contributed by atoms with Crippen LogP contribution in [0.15, 0.2) is 24.3 Å². The van der Waals surface area contributed by atoms with Crippen LogP contribution in [0.3, 0.4) is 0 Å². The van der Waals surface area contributed by atoms with E-state index in [1.54, 1.807) is 11.8 Å². The van der Waals surface area contributed by atoms with E-state index >= 15 is 0 Å². The van der Waals surface area contributed by atoms with Crippen LogP contribution in [0.2, 0.25) is 0 Å². The molecule has 0 aromatic heterocycles. The van der Waals surface area contributed by atoms with Crippen molar-refractivity contribution in [1.82, 2.24) is 0 Å². The van der Waals surface area contributed by atoms with E-state index in [0.717, 1.165) is 23.7 Å². The second-order valence-corrected chi connectivity index (χ2v) is 4.13. The predicted molar refractivity (Wildman–Crippen MR) is 68.9 cm³/mol. The maximum Gasteiger partial charge on any atom is 0.119 e. The number of hydrogen-bond acceptors (Lipinski definition) is 3. The van der Waals surface area contributed by atoms with Crippen LogP contribution in [-0.4, -0.2) is 30.3 Å². The van der Waals surface area contributed by atoms with E-state index in [9.17, 15) is 0 Å². The first-order valence-electron chi connectivity index (χ1n) is 5.18. The van der Waals surface area contributed by atoms with Gasteiger partial charge in [-0.25, -0.2) is 0 Å². The van der Waals surface area contributed by atoms with Gasteiger partial charge in [-0.2, -0.15) is 11.8 Å². The lowest BCUT2D eigenvalue weighted by atomic mass is 10.2. The molecule has 1 aromatic carbocycles. The zero-order valence-corrected chi connectivity index (χ0v) is 10.2. The summed E-state index contributed by atoms with van der Waals surface area (Å²) in [5.74, 6) is 7.72. The summed E-state index contributed by atoms with van der Waals surface area (Å²) in [5.41, 5.74) is 0.950. The number of thioether (sulfide) groups is 1. The third kappa shape index (κ3) is 5.11. The Bertz CT molecular complexity index is 348. The molecule has 3 heteroatoms. The standard InChI is InChI=1S/C13H16O2S/c1-16-11-10-15-13-7-5-12(6-8-13)4-2-3-9-14/h5-8,14H,3,9-11H2,1H3. The fraction of sp³-hybridized carbons (Fsp3) is 0.385. The number of hydrogen-bond donors (Lipinski definition) is 1. The molecule has 86 valence electrons. The van der Waals surface area contributed by atoms with Crippen LogP contribution in [-0.2, 0) is 0 Å². The van der Waals surface area contributed by atoms with Crippen molar-refractivity contribution in [1.29, 1.82) is 0 Å². The molecule has 0 fully saturated rings. The highest BCUT2D eigenvalue weighted by molar-refractivity contribution is 7.98. The lowest BCUT2D eigenvalue weighted by Crippen LogP contribution is -1.99. The summed E-state index contributed by atoms with van der Waals surface area (Å²) < 4.78 is 5.52. The molecule has 0 aliphatic rings.